The summed E-state index contributed by atoms with van der Waals surface area (Å²) in [6.07, 6.45) is 2.73. The van der Waals surface area contributed by atoms with Crippen molar-refractivity contribution in [1.29, 1.82) is 0 Å². The van der Waals surface area contributed by atoms with E-state index in [9.17, 15) is 0 Å². The molecule has 0 radical (unpaired) electrons. The fraction of sp³-hybridized carbons (Fsp3) is 0.154. The van der Waals surface area contributed by atoms with Crippen LogP contribution in [0.25, 0.3) is 0 Å². The van der Waals surface area contributed by atoms with E-state index in [4.69, 9.17) is 5.73 Å². The molecule has 16 heavy (non-hydrogen) atoms. The fourth-order valence-electron chi connectivity index (χ4n) is 1.50. The van der Waals surface area contributed by atoms with Crippen LogP contribution < -0.4 is 11.1 Å². The summed E-state index contributed by atoms with van der Waals surface area (Å²) >= 11 is 0. The Kier molecular flexibility index (Phi) is 3.05. The summed E-state index contributed by atoms with van der Waals surface area (Å²) in [7, 11) is 0. The summed E-state index contributed by atoms with van der Waals surface area (Å²) < 4.78 is 0. The van der Waals surface area contributed by atoms with Gasteiger partial charge in [-0.3, -0.25) is 0 Å². The van der Waals surface area contributed by atoms with Crippen molar-refractivity contribution in [3.8, 4) is 0 Å². The highest BCUT2D eigenvalue weighted by molar-refractivity contribution is 5.69. The van der Waals surface area contributed by atoms with Crippen LogP contribution in [0.3, 0.4) is 0 Å². The molecule has 0 spiro atoms. The lowest BCUT2D eigenvalue weighted by Crippen LogP contribution is -1.98. The zero-order valence-electron chi connectivity index (χ0n) is 9.27. The van der Waals surface area contributed by atoms with Crippen molar-refractivity contribution in [2.45, 2.75) is 13.3 Å². The van der Waals surface area contributed by atoms with Gasteiger partial charge >= 0.3 is 0 Å². The molecule has 2 rings (SSSR count). The van der Waals surface area contributed by atoms with Gasteiger partial charge in [0.2, 0.25) is 0 Å². The van der Waals surface area contributed by atoms with Crippen molar-refractivity contribution in [3.05, 3.63) is 48.2 Å². The number of nitrogen functional groups attached to an aromatic ring is 1. The third kappa shape index (κ3) is 2.31. The van der Waals surface area contributed by atoms with Crippen molar-refractivity contribution in [2.24, 2.45) is 0 Å². The Labute approximate surface area is 95.3 Å². The minimum atomic E-state index is 0.516. The highest BCUT2D eigenvalue weighted by atomic mass is 14.9. The van der Waals surface area contributed by atoms with Crippen LogP contribution >= 0.6 is 0 Å². The molecule has 0 unspecified atom stereocenters. The van der Waals surface area contributed by atoms with Gasteiger partial charge in [0.25, 0.3) is 0 Å². The van der Waals surface area contributed by atoms with Gasteiger partial charge in [-0.25, -0.2) is 4.98 Å². The number of nitrogens with one attached hydrogen (secondary N) is 1. The number of nitrogens with zero attached hydrogens (tertiary/aromatic N) is 1. The molecule has 3 heteroatoms. The molecular weight excluding hydrogens is 198 g/mol. The Morgan fingerprint density at radius 3 is 2.56 bits per heavy atom. The van der Waals surface area contributed by atoms with Gasteiger partial charge in [-0.15, -0.1) is 0 Å². The highest BCUT2D eigenvalue weighted by Crippen LogP contribution is 2.20. The number of pyridine rings is 1. The largest absolute Gasteiger partial charge is 0.382 e. The monoisotopic (exact) mass is 213 g/mol. The highest BCUT2D eigenvalue weighted by Gasteiger charge is 1.99. The number of rotatable bonds is 3. The minimum absolute atomic E-state index is 0.516. The van der Waals surface area contributed by atoms with Gasteiger partial charge in [0.1, 0.15) is 5.82 Å². The molecule has 3 N–H and O–H groups in total. The van der Waals surface area contributed by atoms with Crippen LogP contribution in [0, 0.1) is 0 Å². The Morgan fingerprint density at radius 1 is 1.19 bits per heavy atom. The van der Waals surface area contributed by atoms with E-state index in [-0.39, 0.29) is 0 Å². The number of aryl methyl sites for hydroxylation is 1. The standard InChI is InChI=1S/C13H15N3/c1-2-10-5-7-11(8-6-10)16-12-4-3-9-15-13(12)14/h3-9,16H,2H2,1H3,(H2,14,15). The summed E-state index contributed by atoms with van der Waals surface area (Å²) in [4.78, 5) is 4.02. The molecular formula is C13H15N3. The molecule has 0 aliphatic heterocycles. The molecule has 2 aromatic rings. The molecule has 0 bridgehead atoms. The third-order valence-corrected chi connectivity index (χ3v) is 2.48. The number of benzene rings is 1. The second kappa shape index (κ2) is 4.66. The second-order valence-electron chi connectivity index (χ2n) is 3.61. The first-order valence-corrected chi connectivity index (χ1v) is 5.36. The van der Waals surface area contributed by atoms with Crippen molar-refractivity contribution in [1.82, 2.24) is 4.98 Å². The van der Waals surface area contributed by atoms with Gasteiger partial charge in [-0.2, -0.15) is 0 Å². The van der Waals surface area contributed by atoms with E-state index in [1.165, 1.54) is 5.56 Å². The number of nitrogens with two attached hydrogens (primary N) is 1. The zero-order valence-corrected chi connectivity index (χ0v) is 9.27. The fourth-order valence-corrected chi connectivity index (χ4v) is 1.50. The quantitative estimate of drug-likeness (QED) is 0.824. The molecule has 0 aliphatic rings. The van der Waals surface area contributed by atoms with Crippen molar-refractivity contribution < 1.29 is 0 Å². The average Bonchev–Trinajstić information content (AvgIpc) is 2.33. The number of anilines is 3. The molecule has 1 heterocycles. The van der Waals surface area contributed by atoms with Crippen molar-refractivity contribution in [3.63, 3.8) is 0 Å². The van der Waals surface area contributed by atoms with Crippen molar-refractivity contribution >= 4 is 17.2 Å². The Hall–Kier alpha value is -2.03. The minimum Gasteiger partial charge on any atom is -0.382 e. The van der Waals surface area contributed by atoms with Crippen LogP contribution in [-0.4, -0.2) is 4.98 Å². The normalized spacial score (nSPS) is 10.1. The van der Waals surface area contributed by atoms with Crippen LogP contribution in [-0.2, 0) is 6.42 Å². The molecule has 1 aromatic carbocycles. The Balaban J connectivity index is 2.18. The maximum atomic E-state index is 5.75. The zero-order chi connectivity index (χ0) is 11.4. The predicted molar refractivity (Wildman–Crippen MR) is 67.8 cm³/mol. The lowest BCUT2D eigenvalue weighted by molar-refractivity contribution is 1.14. The van der Waals surface area contributed by atoms with E-state index in [0.29, 0.717) is 5.82 Å². The summed E-state index contributed by atoms with van der Waals surface area (Å²) in [6.45, 7) is 2.14. The van der Waals surface area contributed by atoms with Crippen LogP contribution in [0.1, 0.15) is 12.5 Å². The maximum Gasteiger partial charge on any atom is 0.147 e. The smallest absolute Gasteiger partial charge is 0.147 e. The molecule has 0 saturated carbocycles. The summed E-state index contributed by atoms with van der Waals surface area (Å²) in [5, 5.41) is 3.24. The van der Waals surface area contributed by atoms with Crippen LogP contribution in [0.4, 0.5) is 17.2 Å². The lowest BCUT2D eigenvalue weighted by atomic mass is 10.1. The predicted octanol–water partition coefficient (Wildman–Crippen LogP) is 2.97. The first-order valence-electron chi connectivity index (χ1n) is 5.36. The number of hydrogen-bond acceptors (Lipinski definition) is 3. The first-order chi connectivity index (χ1) is 7.79. The summed E-state index contributed by atoms with van der Waals surface area (Å²) in [6, 6.07) is 12.1. The topological polar surface area (TPSA) is 50.9 Å². The van der Waals surface area contributed by atoms with Gasteiger partial charge in [-0.05, 0) is 36.2 Å². The lowest BCUT2D eigenvalue weighted by Gasteiger charge is -2.08. The van der Waals surface area contributed by atoms with Crippen molar-refractivity contribution in [2.75, 3.05) is 11.1 Å². The first kappa shape index (κ1) is 10.5. The van der Waals surface area contributed by atoms with E-state index < -0.39 is 0 Å². The van der Waals surface area contributed by atoms with Gasteiger partial charge in [0.15, 0.2) is 0 Å². The Morgan fingerprint density at radius 2 is 1.94 bits per heavy atom. The average molecular weight is 213 g/mol. The van der Waals surface area contributed by atoms with Gasteiger partial charge in [-0.1, -0.05) is 19.1 Å². The van der Waals surface area contributed by atoms with Crippen LogP contribution in [0.15, 0.2) is 42.6 Å². The third-order valence-electron chi connectivity index (χ3n) is 2.48. The molecule has 0 amide bonds. The Bertz CT molecular complexity index is 463. The van der Waals surface area contributed by atoms with Gasteiger partial charge in [0, 0.05) is 11.9 Å². The van der Waals surface area contributed by atoms with E-state index in [0.717, 1.165) is 17.8 Å². The molecule has 1 aromatic heterocycles. The van der Waals surface area contributed by atoms with E-state index in [1.807, 2.05) is 24.3 Å². The number of hydrogen-bond donors (Lipinski definition) is 2. The molecule has 0 saturated heterocycles. The van der Waals surface area contributed by atoms with Crippen LogP contribution in [0.2, 0.25) is 0 Å². The molecule has 0 aliphatic carbocycles. The second-order valence-corrected chi connectivity index (χ2v) is 3.61. The molecule has 3 nitrogen and oxygen atoms in total. The maximum absolute atomic E-state index is 5.75. The molecule has 0 fully saturated rings. The van der Waals surface area contributed by atoms with Crippen LogP contribution in [0.5, 0.6) is 0 Å². The summed E-state index contributed by atoms with van der Waals surface area (Å²) in [5.41, 5.74) is 8.94. The molecule has 0 atom stereocenters. The van der Waals surface area contributed by atoms with E-state index >= 15 is 0 Å². The SMILES string of the molecule is CCc1ccc(Nc2cccnc2N)cc1. The molecule has 82 valence electrons. The number of aromatic nitrogens is 1. The van der Waals surface area contributed by atoms with Gasteiger partial charge in [0.05, 0.1) is 5.69 Å². The summed E-state index contributed by atoms with van der Waals surface area (Å²) in [5.74, 6) is 0.516. The van der Waals surface area contributed by atoms with E-state index in [1.54, 1.807) is 6.20 Å². The van der Waals surface area contributed by atoms with Gasteiger partial charge < -0.3 is 11.1 Å². The van der Waals surface area contributed by atoms with E-state index in [2.05, 4.69) is 29.4 Å².